The first-order valence-corrected chi connectivity index (χ1v) is 10.3. The molecule has 0 saturated heterocycles. The molecule has 0 radical (unpaired) electrons. The standard InChI is InChI=1S/C18H23N5O6S/c1-5-30(25,26)23(18(19)20)22(16-13(27-2)9-7-10-14(16)28-3)17(24)12-8-6-11-15(21-12)29-4/h6-11H,5H2,1-4H3,(H3,19,20). The SMILES string of the molecule is CCS(=O)(=O)N(C(=N)N)N(C(=O)c1cccc(OC)n1)c1c(OC)cccc1OC. The Labute approximate surface area is 174 Å². The minimum absolute atomic E-state index is 0.0654. The number of methoxy groups -OCH3 is 3. The van der Waals surface area contributed by atoms with E-state index < -0.39 is 27.6 Å². The second kappa shape index (κ2) is 9.31. The molecule has 0 aliphatic carbocycles. The number of para-hydroxylation sites is 1. The first-order chi connectivity index (χ1) is 14.2. The number of nitrogens with one attached hydrogen (secondary N) is 1. The van der Waals surface area contributed by atoms with Gasteiger partial charge in [-0.05, 0) is 25.1 Å². The second-order valence-electron chi connectivity index (χ2n) is 5.72. The van der Waals surface area contributed by atoms with Gasteiger partial charge >= 0.3 is 0 Å². The van der Waals surface area contributed by atoms with E-state index in [-0.39, 0.29) is 28.8 Å². The number of carbonyl (C=O) groups excluding carboxylic acids is 1. The molecule has 0 fully saturated rings. The zero-order valence-corrected chi connectivity index (χ0v) is 17.8. The van der Waals surface area contributed by atoms with Gasteiger partial charge in [0.15, 0.2) is 5.69 Å². The quantitative estimate of drug-likeness (QED) is 0.373. The van der Waals surface area contributed by atoms with Crippen LogP contribution in [0.1, 0.15) is 17.4 Å². The zero-order valence-electron chi connectivity index (χ0n) is 16.9. The Balaban J connectivity index is 2.86. The van der Waals surface area contributed by atoms with Gasteiger partial charge in [0.25, 0.3) is 15.9 Å². The molecule has 0 aliphatic rings. The van der Waals surface area contributed by atoms with E-state index in [2.05, 4.69) is 4.98 Å². The Morgan fingerprint density at radius 1 is 1.07 bits per heavy atom. The number of benzene rings is 1. The first kappa shape index (κ1) is 22.7. The van der Waals surface area contributed by atoms with Crippen molar-refractivity contribution in [1.82, 2.24) is 9.40 Å². The van der Waals surface area contributed by atoms with Crippen molar-refractivity contribution in [3.63, 3.8) is 0 Å². The fraction of sp³-hybridized carbons (Fsp3) is 0.278. The molecule has 0 aliphatic heterocycles. The number of nitrogens with zero attached hydrogens (tertiary/aromatic N) is 3. The van der Waals surface area contributed by atoms with E-state index in [0.29, 0.717) is 9.42 Å². The molecule has 0 bridgehead atoms. The van der Waals surface area contributed by atoms with Crippen LogP contribution in [-0.4, -0.2) is 56.8 Å². The van der Waals surface area contributed by atoms with Crippen LogP contribution >= 0.6 is 0 Å². The molecule has 1 aromatic carbocycles. The summed E-state index contributed by atoms with van der Waals surface area (Å²) in [6.45, 7) is 1.36. The van der Waals surface area contributed by atoms with Crippen LogP contribution < -0.4 is 25.0 Å². The molecule has 162 valence electrons. The van der Waals surface area contributed by atoms with Crippen molar-refractivity contribution in [2.45, 2.75) is 6.92 Å². The summed E-state index contributed by atoms with van der Waals surface area (Å²) in [5, 5.41) is 8.58. The van der Waals surface area contributed by atoms with Gasteiger partial charge in [0, 0.05) is 6.07 Å². The highest BCUT2D eigenvalue weighted by Gasteiger charge is 2.38. The van der Waals surface area contributed by atoms with Crippen LogP contribution in [0, 0.1) is 5.41 Å². The number of carbonyl (C=O) groups is 1. The maximum atomic E-state index is 13.5. The summed E-state index contributed by atoms with van der Waals surface area (Å²) in [6.07, 6.45) is 0. The van der Waals surface area contributed by atoms with Gasteiger partial charge in [-0.15, -0.1) is 4.41 Å². The Hall–Kier alpha value is -3.54. The fourth-order valence-electron chi connectivity index (χ4n) is 2.58. The van der Waals surface area contributed by atoms with Gasteiger partial charge in [-0.25, -0.2) is 13.4 Å². The molecule has 1 heterocycles. The third-order valence-corrected chi connectivity index (χ3v) is 5.59. The van der Waals surface area contributed by atoms with Crippen LogP contribution in [0.25, 0.3) is 0 Å². The lowest BCUT2D eigenvalue weighted by molar-refractivity contribution is 0.0952. The lowest BCUT2D eigenvalue weighted by Gasteiger charge is -2.34. The number of hydrazine groups is 1. The van der Waals surface area contributed by atoms with Crippen LogP contribution in [-0.2, 0) is 10.0 Å². The largest absolute Gasteiger partial charge is 0.494 e. The summed E-state index contributed by atoms with van der Waals surface area (Å²) in [5.41, 5.74) is 5.38. The molecule has 0 spiro atoms. The molecule has 11 nitrogen and oxygen atoms in total. The monoisotopic (exact) mass is 437 g/mol. The van der Waals surface area contributed by atoms with Crippen molar-refractivity contribution in [2.75, 3.05) is 32.1 Å². The molecule has 0 saturated carbocycles. The molecule has 0 atom stereocenters. The van der Waals surface area contributed by atoms with Crippen LogP contribution in [0.2, 0.25) is 0 Å². The summed E-state index contributed by atoms with van der Waals surface area (Å²) >= 11 is 0. The highest BCUT2D eigenvalue weighted by Crippen LogP contribution is 2.40. The number of aromatic nitrogens is 1. The number of anilines is 1. The fourth-order valence-corrected chi connectivity index (χ4v) is 3.52. The van der Waals surface area contributed by atoms with Gasteiger partial charge < -0.3 is 19.9 Å². The lowest BCUT2D eigenvalue weighted by Crippen LogP contribution is -2.56. The molecular weight excluding hydrogens is 414 g/mol. The normalized spacial score (nSPS) is 10.8. The van der Waals surface area contributed by atoms with Crippen molar-refractivity contribution in [3.8, 4) is 17.4 Å². The van der Waals surface area contributed by atoms with Crippen molar-refractivity contribution in [2.24, 2.45) is 5.73 Å². The number of rotatable bonds is 7. The van der Waals surface area contributed by atoms with Crippen LogP contribution in [0.4, 0.5) is 5.69 Å². The van der Waals surface area contributed by atoms with Crippen LogP contribution in [0.15, 0.2) is 36.4 Å². The number of ether oxygens (including phenoxy) is 3. The molecule has 3 N–H and O–H groups in total. The average molecular weight is 437 g/mol. The Kier molecular flexibility index (Phi) is 7.06. The third kappa shape index (κ3) is 4.38. The van der Waals surface area contributed by atoms with Crippen LogP contribution in [0.5, 0.6) is 17.4 Å². The first-order valence-electron chi connectivity index (χ1n) is 8.65. The zero-order chi connectivity index (χ0) is 22.5. The summed E-state index contributed by atoms with van der Waals surface area (Å²) in [5.74, 6) is -1.86. The van der Waals surface area contributed by atoms with Gasteiger partial charge in [0.05, 0.1) is 27.1 Å². The lowest BCUT2D eigenvalue weighted by atomic mass is 10.2. The van der Waals surface area contributed by atoms with E-state index >= 15 is 0 Å². The highest BCUT2D eigenvalue weighted by atomic mass is 32.2. The van der Waals surface area contributed by atoms with Crippen molar-refractivity contribution in [3.05, 3.63) is 42.1 Å². The second-order valence-corrected chi connectivity index (χ2v) is 7.81. The Morgan fingerprint density at radius 2 is 1.63 bits per heavy atom. The summed E-state index contributed by atoms with van der Waals surface area (Å²) < 4.78 is 41.7. The van der Waals surface area contributed by atoms with Crippen molar-refractivity contribution < 1.29 is 27.4 Å². The van der Waals surface area contributed by atoms with E-state index in [9.17, 15) is 13.2 Å². The maximum absolute atomic E-state index is 13.5. The molecule has 1 aromatic heterocycles. The number of amides is 1. The summed E-state index contributed by atoms with van der Waals surface area (Å²) in [7, 11) is -0.142. The Bertz CT molecular complexity index is 1020. The number of hydrogen-bond acceptors (Lipinski definition) is 8. The molecule has 2 aromatic rings. The Morgan fingerprint density at radius 3 is 2.10 bits per heavy atom. The topological polar surface area (TPSA) is 148 Å². The summed E-state index contributed by atoms with van der Waals surface area (Å²) in [4.78, 5) is 17.6. The number of pyridine rings is 1. The van der Waals surface area contributed by atoms with Crippen molar-refractivity contribution >= 4 is 27.6 Å². The predicted octanol–water partition coefficient (Wildman–Crippen LogP) is 1.21. The highest BCUT2D eigenvalue weighted by molar-refractivity contribution is 7.89. The van der Waals surface area contributed by atoms with Crippen LogP contribution in [0.3, 0.4) is 0 Å². The average Bonchev–Trinajstić information content (AvgIpc) is 2.75. The molecule has 2 rings (SSSR count). The van der Waals surface area contributed by atoms with E-state index in [1.165, 1.54) is 58.6 Å². The van der Waals surface area contributed by atoms with Gasteiger partial charge in [-0.3, -0.25) is 10.2 Å². The number of nitrogens with two attached hydrogens (primary N) is 1. The third-order valence-electron chi connectivity index (χ3n) is 3.97. The van der Waals surface area contributed by atoms with Gasteiger partial charge in [0.2, 0.25) is 11.8 Å². The molecule has 1 amide bonds. The molecule has 12 heteroatoms. The minimum Gasteiger partial charge on any atom is -0.494 e. The maximum Gasteiger partial charge on any atom is 0.297 e. The van der Waals surface area contributed by atoms with E-state index in [0.717, 1.165) is 0 Å². The number of hydrogen-bond donors (Lipinski definition) is 2. The van der Waals surface area contributed by atoms with Gasteiger partial charge in [-0.1, -0.05) is 12.1 Å². The smallest absolute Gasteiger partial charge is 0.297 e. The number of guanidine groups is 1. The number of sulfonamides is 1. The minimum atomic E-state index is -4.21. The predicted molar refractivity (Wildman–Crippen MR) is 110 cm³/mol. The molecular formula is C18H23N5O6S. The van der Waals surface area contributed by atoms with Gasteiger partial charge in [0.1, 0.15) is 17.2 Å². The van der Waals surface area contributed by atoms with E-state index in [1.54, 1.807) is 6.07 Å². The van der Waals surface area contributed by atoms with Gasteiger partial charge in [-0.2, -0.15) is 5.01 Å². The van der Waals surface area contributed by atoms with Crippen molar-refractivity contribution in [1.29, 1.82) is 5.41 Å². The summed E-state index contributed by atoms with van der Waals surface area (Å²) in [6, 6.07) is 9.03. The van der Waals surface area contributed by atoms with E-state index in [1.807, 2.05) is 0 Å². The molecule has 0 unspecified atom stereocenters. The van der Waals surface area contributed by atoms with E-state index in [4.69, 9.17) is 25.4 Å². The molecule has 30 heavy (non-hydrogen) atoms.